The number of hydrazine groups is 1. The fourth-order valence-electron chi connectivity index (χ4n) is 2.43. The van der Waals surface area contributed by atoms with Crippen molar-refractivity contribution in [3.63, 3.8) is 0 Å². The number of hydrogen-bond acceptors (Lipinski definition) is 4. The van der Waals surface area contributed by atoms with Crippen molar-refractivity contribution >= 4 is 5.96 Å². The lowest BCUT2D eigenvalue weighted by atomic mass is 9.96. The van der Waals surface area contributed by atoms with Crippen LogP contribution < -0.4 is 16.6 Å². The van der Waals surface area contributed by atoms with Gasteiger partial charge < -0.3 is 15.0 Å². The fraction of sp³-hybridized carbons (Fsp3) is 0.917. The Morgan fingerprint density at radius 3 is 2.56 bits per heavy atom. The van der Waals surface area contributed by atoms with Crippen molar-refractivity contribution in [1.29, 1.82) is 0 Å². The third-order valence-electron chi connectivity index (χ3n) is 3.75. The van der Waals surface area contributed by atoms with E-state index in [0.717, 1.165) is 6.54 Å². The summed E-state index contributed by atoms with van der Waals surface area (Å²) in [5.74, 6) is 6.10. The average molecular weight is 257 g/mol. The van der Waals surface area contributed by atoms with Crippen LogP contribution in [0.4, 0.5) is 0 Å². The van der Waals surface area contributed by atoms with Crippen molar-refractivity contribution in [2.75, 3.05) is 40.9 Å². The highest BCUT2D eigenvalue weighted by atomic mass is 16.5. The summed E-state index contributed by atoms with van der Waals surface area (Å²) in [5.41, 5.74) is 2.81. The molecule has 0 atom stereocenters. The number of hydrogen-bond donors (Lipinski definition) is 3. The van der Waals surface area contributed by atoms with Crippen LogP contribution in [-0.2, 0) is 4.74 Å². The molecule has 6 nitrogen and oxygen atoms in total. The van der Waals surface area contributed by atoms with Gasteiger partial charge in [-0.2, -0.15) is 0 Å². The molecular formula is C12H27N5O. The van der Waals surface area contributed by atoms with E-state index in [1.54, 1.807) is 7.11 Å². The number of guanidine groups is 1. The molecule has 18 heavy (non-hydrogen) atoms. The number of nitrogens with two attached hydrogens (primary N) is 1. The van der Waals surface area contributed by atoms with E-state index >= 15 is 0 Å². The first-order valence-electron chi connectivity index (χ1n) is 6.56. The average Bonchev–Trinajstić information content (AvgIpc) is 2.83. The lowest BCUT2D eigenvalue weighted by Gasteiger charge is -2.35. The van der Waals surface area contributed by atoms with Crippen LogP contribution in [0.1, 0.15) is 25.7 Å². The first-order chi connectivity index (χ1) is 8.64. The minimum Gasteiger partial charge on any atom is -0.383 e. The topological polar surface area (TPSA) is 74.9 Å². The minimum absolute atomic E-state index is 0.199. The Bertz CT molecular complexity index is 261. The monoisotopic (exact) mass is 257 g/mol. The Morgan fingerprint density at radius 1 is 1.39 bits per heavy atom. The van der Waals surface area contributed by atoms with Crippen LogP contribution in [0.5, 0.6) is 0 Å². The van der Waals surface area contributed by atoms with Gasteiger partial charge in [-0.15, -0.1) is 0 Å². The maximum Gasteiger partial charge on any atom is 0.205 e. The van der Waals surface area contributed by atoms with Crippen molar-refractivity contribution in [1.82, 2.24) is 15.6 Å². The van der Waals surface area contributed by atoms with Gasteiger partial charge in [0.15, 0.2) is 0 Å². The number of methoxy groups -OCH3 is 1. The van der Waals surface area contributed by atoms with Gasteiger partial charge in [-0.05, 0) is 26.9 Å². The first-order valence-corrected chi connectivity index (χ1v) is 6.56. The molecule has 4 N–H and O–H groups in total. The summed E-state index contributed by atoms with van der Waals surface area (Å²) >= 11 is 0. The van der Waals surface area contributed by atoms with Crippen LogP contribution in [-0.4, -0.2) is 57.3 Å². The minimum atomic E-state index is 0.199. The molecule has 0 radical (unpaired) electrons. The molecule has 0 unspecified atom stereocenters. The van der Waals surface area contributed by atoms with Gasteiger partial charge in [-0.3, -0.25) is 10.4 Å². The van der Waals surface area contributed by atoms with E-state index in [9.17, 15) is 0 Å². The van der Waals surface area contributed by atoms with E-state index < -0.39 is 0 Å². The van der Waals surface area contributed by atoms with Gasteiger partial charge in [0.1, 0.15) is 0 Å². The quantitative estimate of drug-likeness (QED) is 0.204. The number of nitrogens with one attached hydrogen (secondary N) is 2. The third-order valence-corrected chi connectivity index (χ3v) is 3.75. The highest BCUT2D eigenvalue weighted by molar-refractivity contribution is 5.79. The van der Waals surface area contributed by atoms with Gasteiger partial charge in [0.2, 0.25) is 5.96 Å². The van der Waals surface area contributed by atoms with E-state index in [2.05, 4.69) is 34.7 Å². The van der Waals surface area contributed by atoms with Crippen LogP contribution in [0.2, 0.25) is 0 Å². The largest absolute Gasteiger partial charge is 0.383 e. The van der Waals surface area contributed by atoms with Crippen molar-refractivity contribution in [3.8, 4) is 0 Å². The van der Waals surface area contributed by atoms with E-state index in [1.807, 2.05) is 0 Å². The molecule has 0 spiro atoms. The third kappa shape index (κ3) is 4.12. The molecule has 106 valence electrons. The Morgan fingerprint density at radius 2 is 2.06 bits per heavy atom. The molecule has 6 heteroatoms. The first kappa shape index (κ1) is 15.2. The van der Waals surface area contributed by atoms with Crippen molar-refractivity contribution in [3.05, 3.63) is 0 Å². The molecule has 0 aromatic rings. The Hall–Kier alpha value is -0.850. The maximum absolute atomic E-state index is 5.46. The van der Waals surface area contributed by atoms with Crippen LogP contribution in [0.15, 0.2) is 4.99 Å². The Balaban J connectivity index is 2.52. The van der Waals surface area contributed by atoms with Gasteiger partial charge in [-0.25, -0.2) is 5.84 Å². The molecule has 0 aromatic carbocycles. The van der Waals surface area contributed by atoms with Crippen molar-refractivity contribution in [2.45, 2.75) is 31.2 Å². The molecule has 0 saturated heterocycles. The molecular weight excluding hydrogens is 230 g/mol. The highest BCUT2D eigenvalue weighted by Crippen LogP contribution is 2.33. The van der Waals surface area contributed by atoms with Crippen molar-refractivity contribution < 1.29 is 4.74 Å². The fourth-order valence-corrected chi connectivity index (χ4v) is 2.43. The molecule has 1 aliphatic rings. The van der Waals surface area contributed by atoms with E-state index in [4.69, 9.17) is 10.6 Å². The zero-order valence-corrected chi connectivity index (χ0v) is 11.8. The number of ether oxygens (including phenoxy) is 1. The molecule has 0 bridgehead atoms. The molecule has 1 saturated carbocycles. The molecule has 1 fully saturated rings. The highest BCUT2D eigenvalue weighted by Gasteiger charge is 2.35. The number of aliphatic imine (C=N–C) groups is 1. The van der Waals surface area contributed by atoms with Gasteiger partial charge in [0.25, 0.3) is 0 Å². The number of likely N-dealkylation sites (N-methyl/N-ethyl adjacent to an activating group) is 1. The van der Waals surface area contributed by atoms with Crippen LogP contribution in [0.3, 0.4) is 0 Å². The number of nitrogens with zero attached hydrogens (tertiary/aromatic N) is 2. The molecule has 1 rings (SSSR count). The van der Waals surface area contributed by atoms with E-state index in [1.165, 1.54) is 25.7 Å². The lowest BCUT2D eigenvalue weighted by Crippen LogP contribution is -2.47. The summed E-state index contributed by atoms with van der Waals surface area (Å²) in [7, 11) is 5.94. The molecule has 0 heterocycles. The van der Waals surface area contributed by atoms with Crippen LogP contribution in [0.25, 0.3) is 0 Å². The number of rotatable bonds is 6. The smallest absolute Gasteiger partial charge is 0.205 e. The SMILES string of the molecule is COCCNC(=NCC1(N(C)C)CCCC1)NN. The van der Waals surface area contributed by atoms with E-state index in [0.29, 0.717) is 19.1 Å². The zero-order valence-electron chi connectivity index (χ0n) is 11.8. The Kier molecular flexibility index (Phi) is 6.38. The normalized spacial score (nSPS) is 19.3. The Labute approximate surface area is 110 Å². The summed E-state index contributed by atoms with van der Waals surface area (Å²) < 4.78 is 4.98. The van der Waals surface area contributed by atoms with Crippen LogP contribution >= 0.6 is 0 Å². The van der Waals surface area contributed by atoms with E-state index in [-0.39, 0.29) is 5.54 Å². The molecule has 0 aliphatic heterocycles. The summed E-state index contributed by atoms with van der Waals surface area (Å²) in [5, 5.41) is 3.12. The predicted molar refractivity (Wildman–Crippen MR) is 74.4 cm³/mol. The second kappa shape index (κ2) is 7.56. The lowest BCUT2D eigenvalue weighted by molar-refractivity contribution is 0.167. The molecule has 0 aromatic heterocycles. The second-order valence-electron chi connectivity index (χ2n) is 5.05. The van der Waals surface area contributed by atoms with Gasteiger partial charge in [0.05, 0.1) is 13.2 Å². The van der Waals surface area contributed by atoms with Crippen LogP contribution in [0, 0.1) is 0 Å². The van der Waals surface area contributed by atoms with Gasteiger partial charge in [0, 0.05) is 19.2 Å². The van der Waals surface area contributed by atoms with Gasteiger partial charge in [-0.1, -0.05) is 12.8 Å². The maximum atomic E-state index is 5.46. The molecule has 0 amide bonds. The second-order valence-corrected chi connectivity index (χ2v) is 5.05. The predicted octanol–water partition coefficient (Wildman–Crippen LogP) is -0.0839. The summed E-state index contributed by atoms with van der Waals surface area (Å²) in [6.45, 7) is 2.12. The molecule has 1 aliphatic carbocycles. The van der Waals surface area contributed by atoms with Crippen molar-refractivity contribution in [2.24, 2.45) is 10.8 Å². The summed E-state index contributed by atoms with van der Waals surface area (Å²) in [6.07, 6.45) is 4.99. The van der Waals surface area contributed by atoms with Gasteiger partial charge >= 0.3 is 0 Å². The standard InChI is InChI=1S/C12H27N5O/c1-17(2)12(6-4-5-7-12)10-15-11(16-13)14-8-9-18-3/h4-10,13H2,1-3H3,(H2,14,15,16). The summed E-state index contributed by atoms with van der Waals surface area (Å²) in [6, 6.07) is 0. The summed E-state index contributed by atoms with van der Waals surface area (Å²) in [4.78, 5) is 6.86. The zero-order chi connectivity index (χ0) is 13.4.